The van der Waals surface area contributed by atoms with Gasteiger partial charge in [-0.25, -0.2) is 0 Å². The maximum Gasteiger partial charge on any atom is 0.120 e. The van der Waals surface area contributed by atoms with Crippen molar-refractivity contribution >= 4 is 0 Å². The molecule has 0 saturated heterocycles. The summed E-state index contributed by atoms with van der Waals surface area (Å²) in [6.45, 7) is 1.67. The lowest BCUT2D eigenvalue weighted by atomic mass is 10.1. The van der Waals surface area contributed by atoms with Crippen molar-refractivity contribution in [3.05, 3.63) is 29.8 Å². The lowest BCUT2D eigenvalue weighted by Gasteiger charge is -2.13. The maximum atomic E-state index is 10.1. The summed E-state index contributed by atoms with van der Waals surface area (Å²) in [4.78, 5) is 0. The molecule has 1 unspecified atom stereocenters. The van der Waals surface area contributed by atoms with Crippen molar-refractivity contribution in [1.82, 2.24) is 0 Å². The first-order valence-electron chi connectivity index (χ1n) is 6.81. The second-order valence-corrected chi connectivity index (χ2v) is 4.80. The third kappa shape index (κ3) is 5.19. The highest BCUT2D eigenvalue weighted by Gasteiger charge is 2.23. The Morgan fingerprint density at radius 2 is 2.11 bits per heavy atom. The van der Waals surface area contributed by atoms with Gasteiger partial charge in [0, 0.05) is 20.1 Å². The van der Waals surface area contributed by atoms with E-state index in [1.807, 2.05) is 24.3 Å². The molecular weight excluding hydrogens is 244 g/mol. The molecule has 0 radical (unpaired) electrons. The molecule has 1 N–H and O–H groups in total. The molecule has 2 rings (SSSR count). The molecule has 0 aromatic heterocycles. The van der Waals surface area contributed by atoms with Crippen molar-refractivity contribution in [2.45, 2.75) is 31.5 Å². The van der Waals surface area contributed by atoms with E-state index in [0.29, 0.717) is 32.3 Å². The summed E-state index contributed by atoms with van der Waals surface area (Å²) in [6.07, 6.45) is 2.73. The fraction of sp³-hybridized carbons (Fsp3) is 0.600. The Morgan fingerprint density at radius 3 is 2.84 bits per heavy atom. The molecule has 0 amide bonds. The first-order valence-corrected chi connectivity index (χ1v) is 6.81. The minimum Gasteiger partial charge on any atom is -0.490 e. The third-order valence-corrected chi connectivity index (χ3v) is 3.04. The molecule has 4 nitrogen and oxygen atoms in total. The zero-order valence-corrected chi connectivity index (χ0v) is 11.4. The van der Waals surface area contributed by atoms with Crippen molar-refractivity contribution in [3.8, 4) is 5.75 Å². The van der Waals surface area contributed by atoms with Gasteiger partial charge in [-0.15, -0.1) is 0 Å². The average molecular weight is 266 g/mol. The van der Waals surface area contributed by atoms with Crippen LogP contribution in [-0.2, 0) is 9.47 Å². The fourth-order valence-corrected chi connectivity index (χ4v) is 1.78. The van der Waals surface area contributed by atoms with Crippen LogP contribution < -0.4 is 4.74 Å². The van der Waals surface area contributed by atoms with Crippen LogP contribution in [0.4, 0.5) is 0 Å². The summed E-state index contributed by atoms with van der Waals surface area (Å²) >= 11 is 0. The van der Waals surface area contributed by atoms with E-state index in [2.05, 4.69) is 0 Å². The number of methoxy groups -OCH3 is 1. The van der Waals surface area contributed by atoms with Gasteiger partial charge in [-0.1, -0.05) is 12.1 Å². The second-order valence-electron chi connectivity index (χ2n) is 4.80. The predicted octanol–water partition coefficient (Wildman–Crippen LogP) is 2.31. The fourth-order valence-electron chi connectivity index (χ4n) is 1.78. The Labute approximate surface area is 114 Å². The van der Waals surface area contributed by atoms with E-state index < -0.39 is 6.10 Å². The Bertz CT molecular complexity index is 376. The third-order valence-electron chi connectivity index (χ3n) is 3.04. The lowest BCUT2D eigenvalue weighted by Crippen LogP contribution is -2.07. The van der Waals surface area contributed by atoms with Crippen LogP contribution in [0.2, 0.25) is 0 Å². The van der Waals surface area contributed by atoms with Gasteiger partial charge in [-0.05, 0) is 30.5 Å². The second kappa shape index (κ2) is 7.48. The number of hydrogen-bond donors (Lipinski definition) is 1. The minimum absolute atomic E-state index is 0.379. The number of hydrogen-bond acceptors (Lipinski definition) is 4. The molecule has 1 aromatic rings. The predicted molar refractivity (Wildman–Crippen MR) is 72.4 cm³/mol. The molecule has 1 atom stereocenters. The molecule has 19 heavy (non-hydrogen) atoms. The van der Waals surface area contributed by atoms with Crippen LogP contribution in [-0.4, -0.2) is 38.1 Å². The van der Waals surface area contributed by atoms with Crippen LogP contribution in [0.25, 0.3) is 0 Å². The Morgan fingerprint density at radius 1 is 1.26 bits per heavy atom. The van der Waals surface area contributed by atoms with Crippen molar-refractivity contribution < 1.29 is 19.3 Å². The molecule has 1 fully saturated rings. The van der Waals surface area contributed by atoms with Gasteiger partial charge in [0.25, 0.3) is 0 Å². The monoisotopic (exact) mass is 266 g/mol. The zero-order valence-electron chi connectivity index (χ0n) is 11.4. The average Bonchev–Trinajstić information content (AvgIpc) is 3.22. The number of benzene rings is 1. The van der Waals surface area contributed by atoms with Gasteiger partial charge in [0.15, 0.2) is 0 Å². The smallest absolute Gasteiger partial charge is 0.120 e. The van der Waals surface area contributed by atoms with Crippen molar-refractivity contribution in [3.63, 3.8) is 0 Å². The van der Waals surface area contributed by atoms with E-state index >= 15 is 0 Å². The largest absolute Gasteiger partial charge is 0.490 e. The Hall–Kier alpha value is -1.10. The van der Waals surface area contributed by atoms with Gasteiger partial charge in [0.2, 0.25) is 0 Å². The van der Waals surface area contributed by atoms with Crippen molar-refractivity contribution in [1.29, 1.82) is 0 Å². The zero-order chi connectivity index (χ0) is 13.5. The van der Waals surface area contributed by atoms with E-state index in [4.69, 9.17) is 14.2 Å². The van der Waals surface area contributed by atoms with E-state index in [9.17, 15) is 5.11 Å². The Kier molecular flexibility index (Phi) is 5.63. The minimum atomic E-state index is -0.509. The van der Waals surface area contributed by atoms with E-state index in [0.717, 1.165) is 24.2 Å². The van der Waals surface area contributed by atoms with Gasteiger partial charge in [-0.3, -0.25) is 0 Å². The van der Waals surface area contributed by atoms with Gasteiger partial charge in [-0.2, -0.15) is 0 Å². The molecule has 0 bridgehead atoms. The van der Waals surface area contributed by atoms with Crippen LogP contribution in [0.1, 0.15) is 30.9 Å². The molecule has 1 saturated carbocycles. The Balaban J connectivity index is 1.75. The number of aliphatic hydroxyl groups excluding tert-OH is 1. The molecule has 4 heteroatoms. The van der Waals surface area contributed by atoms with Crippen molar-refractivity contribution in [2.24, 2.45) is 0 Å². The highest BCUT2D eigenvalue weighted by Crippen LogP contribution is 2.28. The molecule has 1 aliphatic carbocycles. The highest BCUT2D eigenvalue weighted by molar-refractivity contribution is 5.30. The van der Waals surface area contributed by atoms with Crippen LogP contribution in [0, 0.1) is 0 Å². The lowest BCUT2D eigenvalue weighted by molar-refractivity contribution is 0.0475. The van der Waals surface area contributed by atoms with Crippen molar-refractivity contribution in [2.75, 3.05) is 26.9 Å². The number of rotatable bonds is 9. The summed E-state index contributed by atoms with van der Waals surface area (Å²) in [5.41, 5.74) is 0.883. The molecule has 106 valence electrons. The molecule has 1 aromatic carbocycles. The summed E-state index contributed by atoms with van der Waals surface area (Å²) in [7, 11) is 1.64. The normalized spacial score (nSPS) is 16.3. The first kappa shape index (κ1) is 14.3. The quantitative estimate of drug-likeness (QED) is 0.697. The number of ether oxygens (including phenoxy) is 3. The van der Waals surface area contributed by atoms with Gasteiger partial charge in [0.1, 0.15) is 5.75 Å². The van der Waals surface area contributed by atoms with E-state index in [1.54, 1.807) is 7.11 Å². The molecule has 0 spiro atoms. The van der Waals surface area contributed by atoms with Gasteiger partial charge in [0.05, 0.1) is 25.4 Å². The SMILES string of the molecule is COCCOCCC(O)c1cccc(OC2CC2)c1. The molecule has 0 heterocycles. The van der Waals surface area contributed by atoms with Crippen LogP contribution >= 0.6 is 0 Å². The molecule has 1 aliphatic rings. The maximum absolute atomic E-state index is 10.1. The first-order chi connectivity index (χ1) is 9.29. The highest BCUT2D eigenvalue weighted by atomic mass is 16.5. The summed E-state index contributed by atoms with van der Waals surface area (Å²) in [6, 6.07) is 7.68. The van der Waals surface area contributed by atoms with Crippen LogP contribution in [0.5, 0.6) is 5.75 Å². The summed E-state index contributed by atoms with van der Waals surface area (Å²) in [5, 5.41) is 10.1. The molecular formula is C15H22O4. The summed E-state index contributed by atoms with van der Waals surface area (Å²) < 4.78 is 16.0. The topological polar surface area (TPSA) is 47.9 Å². The van der Waals surface area contributed by atoms with Gasteiger partial charge < -0.3 is 19.3 Å². The van der Waals surface area contributed by atoms with E-state index in [1.165, 1.54) is 0 Å². The summed E-state index contributed by atoms with van der Waals surface area (Å²) in [5.74, 6) is 0.847. The van der Waals surface area contributed by atoms with Gasteiger partial charge >= 0.3 is 0 Å². The van der Waals surface area contributed by atoms with E-state index in [-0.39, 0.29) is 0 Å². The standard InChI is InChI=1S/C15H22O4/c1-17-9-10-18-8-7-15(16)12-3-2-4-14(11-12)19-13-5-6-13/h2-4,11,13,15-16H,5-10H2,1H3. The molecule has 0 aliphatic heterocycles. The van der Waals surface area contributed by atoms with Crippen LogP contribution in [0.3, 0.4) is 0 Å². The number of aliphatic hydroxyl groups is 1. The van der Waals surface area contributed by atoms with Crippen LogP contribution in [0.15, 0.2) is 24.3 Å².